The SMILES string of the molecule is CC(C)C[C@H]1O[C@@H](C(C)C)C(C)[C@H]1C(C)C. The van der Waals surface area contributed by atoms with E-state index >= 15 is 0 Å². The number of rotatable bonds is 4. The molecule has 0 amide bonds. The molecular formula is C15H30O. The van der Waals surface area contributed by atoms with Crippen LogP contribution in [0.25, 0.3) is 0 Å². The van der Waals surface area contributed by atoms with Crippen LogP contribution in [0.15, 0.2) is 0 Å². The molecule has 0 aliphatic carbocycles. The lowest BCUT2D eigenvalue weighted by molar-refractivity contribution is -0.00683. The van der Waals surface area contributed by atoms with E-state index in [1.165, 1.54) is 6.42 Å². The van der Waals surface area contributed by atoms with E-state index < -0.39 is 0 Å². The zero-order valence-corrected chi connectivity index (χ0v) is 12.2. The molecule has 96 valence electrons. The lowest BCUT2D eigenvalue weighted by Gasteiger charge is -2.26. The fourth-order valence-corrected chi connectivity index (χ4v) is 3.45. The molecule has 0 saturated carbocycles. The van der Waals surface area contributed by atoms with Gasteiger partial charge in [0, 0.05) is 0 Å². The van der Waals surface area contributed by atoms with Crippen LogP contribution in [-0.2, 0) is 4.74 Å². The molecule has 1 nitrogen and oxygen atoms in total. The van der Waals surface area contributed by atoms with Gasteiger partial charge in [-0.05, 0) is 36.0 Å². The van der Waals surface area contributed by atoms with Gasteiger partial charge in [-0.2, -0.15) is 0 Å². The van der Waals surface area contributed by atoms with Crippen LogP contribution in [0.5, 0.6) is 0 Å². The van der Waals surface area contributed by atoms with Crippen molar-refractivity contribution >= 4 is 0 Å². The summed E-state index contributed by atoms with van der Waals surface area (Å²) in [6.45, 7) is 16.3. The summed E-state index contributed by atoms with van der Waals surface area (Å²) in [6, 6.07) is 0. The van der Waals surface area contributed by atoms with E-state index in [4.69, 9.17) is 4.74 Å². The van der Waals surface area contributed by atoms with Gasteiger partial charge in [0.15, 0.2) is 0 Å². The van der Waals surface area contributed by atoms with Gasteiger partial charge in [-0.3, -0.25) is 0 Å². The first-order chi connectivity index (χ1) is 7.34. The van der Waals surface area contributed by atoms with Crippen molar-refractivity contribution in [2.45, 2.75) is 67.1 Å². The summed E-state index contributed by atoms with van der Waals surface area (Å²) in [7, 11) is 0. The Balaban J connectivity index is 2.75. The Labute approximate surface area is 102 Å². The van der Waals surface area contributed by atoms with Crippen molar-refractivity contribution in [2.24, 2.45) is 29.6 Å². The standard InChI is InChI=1S/C15H30O/c1-9(2)8-13-14(10(3)4)12(7)15(16-13)11(5)6/h9-15H,8H2,1-7H3/t12?,13-,14-,15+/m1/s1. The molecule has 0 radical (unpaired) electrons. The smallest absolute Gasteiger partial charge is 0.0631 e. The maximum Gasteiger partial charge on any atom is 0.0631 e. The molecule has 4 atom stereocenters. The van der Waals surface area contributed by atoms with Gasteiger partial charge >= 0.3 is 0 Å². The molecular weight excluding hydrogens is 196 g/mol. The van der Waals surface area contributed by atoms with E-state index in [0.717, 1.165) is 17.8 Å². The predicted octanol–water partition coefficient (Wildman–Crippen LogP) is 4.36. The quantitative estimate of drug-likeness (QED) is 0.692. The first-order valence-electron chi connectivity index (χ1n) is 7.00. The normalized spacial score (nSPS) is 35.6. The fraction of sp³-hybridized carbons (Fsp3) is 1.00. The van der Waals surface area contributed by atoms with Crippen LogP contribution in [0.4, 0.5) is 0 Å². The average molecular weight is 226 g/mol. The minimum Gasteiger partial charge on any atom is -0.374 e. The maximum absolute atomic E-state index is 6.32. The van der Waals surface area contributed by atoms with Crippen LogP contribution >= 0.6 is 0 Å². The van der Waals surface area contributed by atoms with Crippen molar-refractivity contribution < 1.29 is 4.74 Å². The summed E-state index contributed by atoms with van der Waals surface area (Å²) in [4.78, 5) is 0. The molecule has 0 aromatic heterocycles. The van der Waals surface area contributed by atoms with Gasteiger partial charge in [0.2, 0.25) is 0 Å². The summed E-state index contributed by atoms with van der Waals surface area (Å²) in [6.07, 6.45) is 2.18. The Morgan fingerprint density at radius 1 is 0.938 bits per heavy atom. The van der Waals surface area contributed by atoms with Crippen LogP contribution in [-0.4, -0.2) is 12.2 Å². The van der Waals surface area contributed by atoms with E-state index in [-0.39, 0.29) is 0 Å². The van der Waals surface area contributed by atoms with E-state index in [1.807, 2.05) is 0 Å². The van der Waals surface area contributed by atoms with Crippen molar-refractivity contribution in [2.75, 3.05) is 0 Å². The van der Waals surface area contributed by atoms with Crippen molar-refractivity contribution in [1.82, 2.24) is 0 Å². The van der Waals surface area contributed by atoms with Crippen molar-refractivity contribution in [3.05, 3.63) is 0 Å². The third-order valence-corrected chi connectivity index (χ3v) is 4.02. The van der Waals surface area contributed by atoms with Crippen molar-refractivity contribution in [3.63, 3.8) is 0 Å². The third kappa shape index (κ3) is 3.00. The third-order valence-electron chi connectivity index (χ3n) is 4.02. The molecule has 0 aromatic carbocycles. The van der Waals surface area contributed by atoms with Gasteiger partial charge in [-0.25, -0.2) is 0 Å². The summed E-state index contributed by atoms with van der Waals surface area (Å²) in [5, 5.41) is 0. The number of hydrogen-bond acceptors (Lipinski definition) is 1. The van der Waals surface area contributed by atoms with E-state index in [0.29, 0.717) is 24.0 Å². The Morgan fingerprint density at radius 3 is 1.88 bits per heavy atom. The van der Waals surface area contributed by atoms with Crippen molar-refractivity contribution in [1.29, 1.82) is 0 Å². The van der Waals surface area contributed by atoms with Crippen LogP contribution in [0.1, 0.15) is 54.9 Å². The molecule has 1 aliphatic rings. The van der Waals surface area contributed by atoms with Gasteiger partial charge in [0.1, 0.15) is 0 Å². The molecule has 1 fully saturated rings. The van der Waals surface area contributed by atoms with Crippen LogP contribution in [0, 0.1) is 29.6 Å². The second-order valence-electron chi connectivity index (χ2n) is 6.69. The fourth-order valence-electron chi connectivity index (χ4n) is 3.45. The highest BCUT2D eigenvalue weighted by molar-refractivity contribution is 4.91. The van der Waals surface area contributed by atoms with Gasteiger partial charge in [0.05, 0.1) is 12.2 Å². The molecule has 16 heavy (non-hydrogen) atoms. The maximum atomic E-state index is 6.32. The predicted molar refractivity (Wildman–Crippen MR) is 70.4 cm³/mol. The Morgan fingerprint density at radius 2 is 1.50 bits per heavy atom. The summed E-state index contributed by atoms with van der Waals surface area (Å²) in [5.41, 5.74) is 0. The average Bonchev–Trinajstić information content (AvgIpc) is 2.41. The molecule has 0 aromatic rings. The van der Waals surface area contributed by atoms with Crippen LogP contribution in [0.2, 0.25) is 0 Å². The lowest BCUT2D eigenvalue weighted by Crippen LogP contribution is -2.27. The van der Waals surface area contributed by atoms with Crippen LogP contribution in [0.3, 0.4) is 0 Å². The molecule has 1 saturated heterocycles. The van der Waals surface area contributed by atoms with Gasteiger partial charge < -0.3 is 4.74 Å². The van der Waals surface area contributed by atoms with Gasteiger partial charge in [-0.1, -0.05) is 48.5 Å². The molecule has 1 heteroatoms. The highest BCUT2D eigenvalue weighted by Gasteiger charge is 2.43. The highest BCUT2D eigenvalue weighted by atomic mass is 16.5. The molecule has 0 spiro atoms. The topological polar surface area (TPSA) is 9.23 Å². The highest BCUT2D eigenvalue weighted by Crippen LogP contribution is 2.42. The summed E-state index contributed by atoms with van der Waals surface area (Å²) >= 11 is 0. The second-order valence-corrected chi connectivity index (χ2v) is 6.69. The minimum absolute atomic E-state index is 0.469. The van der Waals surface area contributed by atoms with E-state index in [9.17, 15) is 0 Å². The first-order valence-corrected chi connectivity index (χ1v) is 7.00. The first kappa shape index (κ1) is 14.0. The zero-order valence-electron chi connectivity index (χ0n) is 12.2. The molecule has 0 N–H and O–H groups in total. The number of hydrogen-bond donors (Lipinski definition) is 0. The molecule has 0 bridgehead atoms. The summed E-state index contributed by atoms with van der Waals surface area (Å²) in [5.74, 6) is 3.58. The largest absolute Gasteiger partial charge is 0.374 e. The molecule has 1 aliphatic heterocycles. The molecule has 1 unspecified atom stereocenters. The molecule has 1 rings (SSSR count). The Bertz CT molecular complexity index is 207. The molecule has 1 heterocycles. The van der Waals surface area contributed by atoms with E-state index in [2.05, 4.69) is 48.5 Å². The van der Waals surface area contributed by atoms with Crippen molar-refractivity contribution in [3.8, 4) is 0 Å². The van der Waals surface area contributed by atoms with Gasteiger partial charge in [-0.15, -0.1) is 0 Å². The summed E-state index contributed by atoms with van der Waals surface area (Å²) < 4.78 is 6.32. The Kier molecular flexibility index (Phi) is 4.85. The lowest BCUT2D eigenvalue weighted by atomic mass is 9.77. The van der Waals surface area contributed by atoms with Gasteiger partial charge in [0.25, 0.3) is 0 Å². The Hall–Kier alpha value is -0.0400. The zero-order chi connectivity index (χ0) is 12.5. The second kappa shape index (κ2) is 5.53. The monoisotopic (exact) mass is 226 g/mol. The minimum atomic E-state index is 0.469. The van der Waals surface area contributed by atoms with Crippen LogP contribution < -0.4 is 0 Å². The van der Waals surface area contributed by atoms with E-state index in [1.54, 1.807) is 0 Å². The number of ether oxygens (including phenoxy) is 1.